The van der Waals surface area contributed by atoms with E-state index in [0.717, 1.165) is 5.56 Å². The fourth-order valence-electron chi connectivity index (χ4n) is 2.56. The van der Waals surface area contributed by atoms with Crippen molar-refractivity contribution in [2.75, 3.05) is 4.31 Å². The van der Waals surface area contributed by atoms with Crippen molar-refractivity contribution in [3.05, 3.63) is 65.7 Å². The Balaban J connectivity index is 2.23. The molecule has 1 heterocycles. The van der Waals surface area contributed by atoms with Crippen LogP contribution in [0.15, 0.2) is 53.9 Å². The van der Waals surface area contributed by atoms with Crippen LogP contribution in [0.4, 0.5) is 14.5 Å². The van der Waals surface area contributed by atoms with Crippen molar-refractivity contribution in [3.8, 4) is 6.07 Å². The van der Waals surface area contributed by atoms with E-state index in [4.69, 9.17) is 5.26 Å². The Morgan fingerprint density at radius 2 is 1.79 bits per heavy atom. The lowest BCUT2D eigenvalue weighted by Crippen LogP contribution is -2.42. The quantitative estimate of drug-likeness (QED) is 0.779. The second kappa shape index (κ2) is 5.14. The molecule has 0 unspecified atom stereocenters. The number of hydrogen-bond donors (Lipinski definition) is 0. The molecule has 24 heavy (non-hydrogen) atoms. The largest absolute Gasteiger partial charge is 0.365 e. The number of sulfonamides is 1. The van der Waals surface area contributed by atoms with Crippen molar-refractivity contribution in [1.82, 2.24) is 0 Å². The molecular weight excluding hydrogens is 334 g/mol. The van der Waals surface area contributed by atoms with Gasteiger partial charge < -0.3 is 0 Å². The minimum atomic E-state index is -4.49. The Labute approximate surface area is 138 Å². The fraction of sp³-hybridized carbons (Fsp3) is 0.118. The molecule has 0 saturated heterocycles. The van der Waals surface area contributed by atoms with Crippen molar-refractivity contribution < 1.29 is 17.2 Å². The highest BCUT2D eigenvalue weighted by Crippen LogP contribution is 2.51. The summed E-state index contributed by atoms with van der Waals surface area (Å²) in [4.78, 5) is -0.238. The van der Waals surface area contributed by atoms with E-state index < -0.39 is 21.6 Å². The van der Waals surface area contributed by atoms with E-state index in [1.165, 1.54) is 42.5 Å². The topological polar surface area (TPSA) is 61.2 Å². The van der Waals surface area contributed by atoms with Gasteiger partial charge in [-0.2, -0.15) is 18.3 Å². The Kier molecular flexibility index (Phi) is 3.46. The molecule has 0 spiro atoms. The Bertz CT molecular complexity index is 990. The third kappa shape index (κ3) is 2.19. The van der Waals surface area contributed by atoms with E-state index >= 15 is 0 Å². The van der Waals surface area contributed by atoms with Gasteiger partial charge in [-0.3, -0.25) is 0 Å². The van der Waals surface area contributed by atoms with Crippen LogP contribution in [-0.2, 0) is 10.0 Å². The normalized spacial score (nSPS) is 15.9. The molecule has 0 radical (unpaired) electrons. The van der Waals surface area contributed by atoms with Crippen LogP contribution in [-0.4, -0.2) is 14.5 Å². The molecule has 1 aliphatic rings. The lowest BCUT2D eigenvalue weighted by atomic mass is 10.1. The van der Waals surface area contributed by atoms with Gasteiger partial charge in [-0.1, -0.05) is 24.3 Å². The van der Waals surface area contributed by atoms with Crippen LogP contribution >= 0.6 is 0 Å². The molecule has 122 valence electrons. The second-order valence-electron chi connectivity index (χ2n) is 5.45. The zero-order chi connectivity index (χ0) is 17.7. The van der Waals surface area contributed by atoms with E-state index in [1.54, 1.807) is 6.92 Å². The number of anilines is 1. The van der Waals surface area contributed by atoms with E-state index in [0.29, 0.717) is 0 Å². The zero-order valence-electron chi connectivity index (χ0n) is 12.6. The summed E-state index contributed by atoms with van der Waals surface area (Å²) in [5, 5.41) is 8.92. The van der Waals surface area contributed by atoms with Gasteiger partial charge in [0.15, 0.2) is 0 Å². The maximum absolute atomic E-state index is 14.7. The third-order valence-electron chi connectivity index (χ3n) is 3.85. The number of nitriles is 1. The summed E-state index contributed by atoms with van der Waals surface area (Å²) < 4.78 is 54.9. The molecule has 0 bridgehead atoms. The van der Waals surface area contributed by atoms with Gasteiger partial charge in [-0.15, -0.1) is 0 Å². The molecule has 0 atom stereocenters. The molecule has 0 saturated carbocycles. The molecule has 0 N–H and O–H groups in total. The number of hydrogen-bond acceptors (Lipinski definition) is 3. The SMILES string of the molecule is C=C1c2cc(C#N)ccc2N(S(=O)(=O)c2ccc(C)cc2)C1(F)F. The van der Waals surface area contributed by atoms with Crippen molar-refractivity contribution in [3.63, 3.8) is 0 Å². The van der Waals surface area contributed by atoms with Gasteiger partial charge in [0.2, 0.25) is 0 Å². The van der Waals surface area contributed by atoms with Gasteiger partial charge in [0, 0.05) is 11.1 Å². The first-order valence-corrected chi connectivity index (χ1v) is 8.37. The smallest absolute Gasteiger partial charge is 0.201 e. The van der Waals surface area contributed by atoms with Crippen molar-refractivity contribution in [2.24, 2.45) is 0 Å². The highest BCUT2D eigenvalue weighted by molar-refractivity contribution is 7.93. The second-order valence-corrected chi connectivity index (χ2v) is 7.23. The van der Waals surface area contributed by atoms with E-state index in [2.05, 4.69) is 6.58 Å². The third-order valence-corrected chi connectivity index (χ3v) is 5.62. The molecule has 0 fully saturated rings. The molecule has 1 aliphatic heterocycles. The molecule has 0 aromatic heterocycles. The summed E-state index contributed by atoms with van der Waals surface area (Å²) in [5.41, 5.74) is 0.0792. The predicted octanol–water partition coefficient (Wildman–Crippen LogP) is 3.68. The van der Waals surface area contributed by atoms with Crippen molar-refractivity contribution >= 4 is 21.3 Å². The first kappa shape index (κ1) is 16.1. The van der Waals surface area contributed by atoms with Crippen LogP contribution in [0.3, 0.4) is 0 Å². The van der Waals surface area contributed by atoms with Crippen molar-refractivity contribution in [1.29, 1.82) is 5.26 Å². The summed E-state index contributed by atoms with van der Waals surface area (Å²) in [6.45, 7) is 5.10. The number of benzene rings is 2. The van der Waals surface area contributed by atoms with Crippen LogP contribution in [0.25, 0.3) is 5.57 Å². The minimum Gasteiger partial charge on any atom is -0.201 e. The number of halogens is 2. The number of alkyl halides is 2. The summed E-state index contributed by atoms with van der Waals surface area (Å²) in [7, 11) is -4.49. The standard InChI is InChI=1S/C17H12F2N2O2S/c1-11-3-6-14(7-4-11)24(22,23)21-16-8-5-13(10-20)9-15(16)12(2)17(21,18)19/h3-9H,2H2,1H3. The molecule has 2 aromatic carbocycles. The van der Waals surface area contributed by atoms with Crippen LogP contribution in [0.2, 0.25) is 0 Å². The molecule has 0 amide bonds. The summed E-state index contributed by atoms with van der Waals surface area (Å²) in [5.74, 6) is 0. The van der Waals surface area contributed by atoms with Crippen LogP contribution < -0.4 is 4.31 Å². The average molecular weight is 346 g/mol. The highest BCUT2D eigenvalue weighted by atomic mass is 32.2. The molecule has 7 heteroatoms. The Morgan fingerprint density at radius 3 is 2.38 bits per heavy atom. The summed E-state index contributed by atoms with van der Waals surface area (Å²) >= 11 is 0. The van der Waals surface area contributed by atoms with Gasteiger partial charge in [0.25, 0.3) is 10.0 Å². The molecule has 4 nitrogen and oxygen atoms in total. The molecular formula is C17H12F2N2O2S. The molecule has 0 aliphatic carbocycles. The van der Waals surface area contributed by atoms with E-state index in [-0.39, 0.29) is 26.0 Å². The van der Waals surface area contributed by atoms with Gasteiger partial charge in [-0.05, 0) is 37.3 Å². The summed E-state index contributed by atoms with van der Waals surface area (Å²) in [6, 6.07) is 7.39. The van der Waals surface area contributed by atoms with Crippen LogP contribution in [0, 0.1) is 18.3 Å². The Hall–Kier alpha value is -2.72. The number of fused-ring (bicyclic) bond motifs is 1. The van der Waals surface area contributed by atoms with Crippen molar-refractivity contribution in [2.45, 2.75) is 17.9 Å². The van der Waals surface area contributed by atoms with E-state index in [9.17, 15) is 17.2 Å². The molecule has 2 aromatic rings. The van der Waals surface area contributed by atoms with Gasteiger partial charge in [0.1, 0.15) is 0 Å². The first-order chi connectivity index (χ1) is 11.2. The van der Waals surface area contributed by atoms with E-state index in [1.807, 2.05) is 6.07 Å². The predicted molar refractivity (Wildman–Crippen MR) is 86.0 cm³/mol. The maximum atomic E-state index is 14.7. The van der Waals surface area contributed by atoms with Gasteiger partial charge in [-0.25, -0.2) is 8.42 Å². The number of nitrogens with zero attached hydrogens (tertiary/aromatic N) is 2. The first-order valence-electron chi connectivity index (χ1n) is 6.93. The fourth-order valence-corrected chi connectivity index (χ4v) is 4.08. The average Bonchev–Trinajstić information content (AvgIpc) is 2.74. The monoisotopic (exact) mass is 346 g/mol. The zero-order valence-corrected chi connectivity index (χ0v) is 13.4. The maximum Gasteiger partial charge on any atom is 0.365 e. The Morgan fingerprint density at radius 1 is 1.17 bits per heavy atom. The number of aryl methyl sites for hydroxylation is 1. The van der Waals surface area contributed by atoms with Crippen LogP contribution in [0.1, 0.15) is 16.7 Å². The van der Waals surface area contributed by atoms with Crippen LogP contribution in [0.5, 0.6) is 0 Å². The molecule has 3 rings (SSSR count). The lowest BCUT2D eigenvalue weighted by Gasteiger charge is -2.26. The lowest BCUT2D eigenvalue weighted by molar-refractivity contribution is 0.0862. The highest BCUT2D eigenvalue weighted by Gasteiger charge is 2.54. The summed E-state index contributed by atoms with van der Waals surface area (Å²) in [6.07, 6.45) is 0. The van der Waals surface area contributed by atoms with Gasteiger partial charge >= 0.3 is 6.05 Å². The van der Waals surface area contributed by atoms with Gasteiger partial charge in [0.05, 0.1) is 22.2 Å². The minimum absolute atomic E-state index is 0.0465. The number of rotatable bonds is 2.